The third-order valence-corrected chi connectivity index (χ3v) is 3.90. The predicted octanol–water partition coefficient (Wildman–Crippen LogP) is 1.05. The van der Waals surface area contributed by atoms with Gasteiger partial charge in [0, 0.05) is 12.1 Å². The van der Waals surface area contributed by atoms with Crippen LogP contribution in [0, 0.1) is 0 Å². The number of benzene rings is 1. The van der Waals surface area contributed by atoms with Gasteiger partial charge in [0.2, 0.25) is 5.96 Å². The van der Waals surface area contributed by atoms with Gasteiger partial charge in [-0.05, 0) is 18.2 Å². The van der Waals surface area contributed by atoms with Crippen LogP contribution in [0.2, 0.25) is 5.02 Å². The van der Waals surface area contributed by atoms with Crippen LogP contribution in [0.4, 0.5) is 5.69 Å². The van der Waals surface area contributed by atoms with Crippen LogP contribution in [0.25, 0.3) is 0 Å². The van der Waals surface area contributed by atoms with Crippen molar-refractivity contribution in [3.63, 3.8) is 0 Å². The molecule has 0 spiro atoms. The van der Waals surface area contributed by atoms with E-state index in [0.717, 1.165) is 0 Å². The summed E-state index contributed by atoms with van der Waals surface area (Å²) < 4.78 is 31.1. The minimum Gasteiger partial charge on any atom is -0.383 e. The maximum absolute atomic E-state index is 11.9. The van der Waals surface area contributed by atoms with Crippen molar-refractivity contribution < 1.29 is 13.2 Å². The molecule has 0 aliphatic carbocycles. The number of nitrogens with one attached hydrogen (secondary N) is 2. The summed E-state index contributed by atoms with van der Waals surface area (Å²) in [5, 5.41) is 3.25. The Morgan fingerprint density at radius 3 is 2.94 bits per heavy atom. The summed E-state index contributed by atoms with van der Waals surface area (Å²) in [7, 11) is -2.07. The molecule has 0 fully saturated rings. The van der Waals surface area contributed by atoms with Crippen molar-refractivity contribution in [1.29, 1.82) is 0 Å². The third-order valence-electron chi connectivity index (χ3n) is 2.28. The number of ether oxygens (including phenoxy) is 1. The molecule has 1 aliphatic heterocycles. The van der Waals surface area contributed by atoms with Crippen LogP contribution < -0.4 is 10.0 Å². The Balaban J connectivity index is 2.33. The lowest BCUT2D eigenvalue weighted by Gasteiger charge is -2.21. The molecule has 1 aliphatic rings. The van der Waals surface area contributed by atoms with Crippen molar-refractivity contribution in [1.82, 2.24) is 4.72 Å². The average molecular weight is 290 g/mol. The molecule has 0 atom stereocenters. The molecule has 0 amide bonds. The van der Waals surface area contributed by atoms with Crippen LogP contribution in [0.3, 0.4) is 0 Å². The summed E-state index contributed by atoms with van der Waals surface area (Å²) in [5.74, 6) is 0.182. The fraction of sp³-hybridized carbons (Fsp3) is 0.300. The Hall–Kier alpha value is -1.31. The molecular weight excluding hydrogens is 278 g/mol. The van der Waals surface area contributed by atoms with E-state index in [2.05, 4.69) is 15.0 Å². The van der Waals surface area contributed by atoms with Crippen molar-refractivity contribution in [3.8, 4) is 0 Å². The lowest BCUT2D eigenvalue weighted by molar-refractivity contribution is 0.208. The summed E-state index contributed by atoms with van der Waals surface area (Å²) in [6.45, 7) is 0.782. The quantitative estimate of drug-likeness (QED) is 0.815. The van der Waals surface area contributed by atoms with Gasteiger partial charge in [0.15, 0.2) is 0 Å². The molecule has 1 heterocycles. The third kappa shape index (κ3) is 2.74. The number of methoxy groups -OCH3 is 1. The fourth-order valence-electron chi connectivity index (χ4n) is 1.48. The molecular formula is C10H12ClN3O3S. The number of sulfonamides is 1. The van der Waals surface area contributed by atoms with Gasteiger partial charge in [-0.15, -0.1) is 0 Å². The Morgan fingerprint density at radius 1 is 1.44 bits per heavy atom. The van der Waals surface area contributed by atoms with Crippen molar-refractivity contribution in [2.45, 2.75) is 4.90 Å². The lowest BCUT2D eigenvalue weighted by Crippen LogP contribution is -2.41. The molecule has 6 nitrogen and oxygen atoms in total. The highest BCUT2D eigenvalue weighted by Crippen LogP contribution is 2.27. The van der Waals surface area contributed by atoms with E-state index in [0.29, 0.717) is 23.9 Å². The van der Waals surface area contributed by atoms with Gasteiger partial charge >= 0.3 is 0 Å². The number of guanidine groups is 1. The zero-order valence-corrected chi connectivity index (χ0v) is 11.2. The van der Waals surface area contributed by atoms with Crippen LogP contribution >= 0.6 is 11.6 Å². The smallest absolute Gasteiger partial charge is 0.266 e. The first-order valence-electron chi connectivity index (χ1n) is 5.16. The zero-order chi connectivity index (χ0) is 13.2. The molecule has 0 radical (unpaired) electrons. The van der Waals surface area contributed by atoms with E-state index in [4.69, 9.17) is 16.3 Å². The number of hydrogen-bond donors (Lipinski definition) is 2. The Bertz CT molecular complexity index is 586. The second-order valence-electron chi connectivity index (χ2n) is 3.59. The summed E-state index contributed by atoms with van der Waals surface area (Å²) in [6, 6.07) is 4.60. The minimum absolute atomic E-state index is 0.112. The van der Waals surface area contributed by atoms with Gasteiger partial charge in [-0.2, -0.15) is 0 Å². The normalized spacial score (nSPS) is 18.9. The van der Waals surface area contributed by atoms with Crippen molar-refractivity contribution in [2.24, 2.45) is 4.99 Å². The van der Waals surface area contributed by atoms with E-state index in [1.165, 1.54) is 6.07 Å². The lowest BCUT2D eigenvalue weighted by atomic mass is 10.3. The Morgan fingerprint density at radius 2 is 2.22 bits per heavy atom. The highest BCUT2D eigenvalue weighted by molar-refractivity contribution is 7.90. The molecule has 98 valence electrons. The number of halogens is 1. The maximum atomic E-state index is 11.9. The minimum atomic E-state index is -3.62. The van der Waals surface area contributed by atoms with Crippen LogP contribution in [-0.4, -0.2) is 34.6 Å². The van der Waals surface area contributed by atoms with Gasteiger partial charge < -0.3 is 10.1 Å². The number of rotatable bonds is 3. The Kier molecular flexibility index (Phi) is 3.74. The largest absolute Gasteiger partial charge is 0.383 e. The van der Waals surface area contributed by atoms with Crippen LogP contribution in [-0.2, 0) is 14.8 Å². The number of nitrogens with zero attached hydrogens (tertiary/aromatic N) is 1. The summed E-state index contributed by atoms with van der Waals surface area (Å²) in [4.78, 5) is 4.16. The molecule has 18 heavy (non-hydrogen) atoms. The van der Waals surface area contributed by atoms with E-state index in [1.807, 2.05) is 0 Å². The van der Waals surface area contributed by atoms with Crippen LogP contribution in [0.15, 0.2) is 28.1 Å². The topological polar surface area (TPSA) is 79.8 Å². The highest BCUT2D eigenvalue weighted by Gasteiger charge is 2.26. The monoisotopic (exact) mass is 289 g/mol. The zero-order valence-electron chi connectivity index (χ0n) is 9.60. The molecule has 0 unspecified atom stereocenters. The average Bonchev–Trinajstić information content (AvgIpc) is 2.30. The van der Waals surface area contributed by atoms with E-state index < -0.39 is 10.0 Å². The molecule has 8 heteroatoms. The molecule has 2 N–H and O–H groups in total. The summed E-state index contributed by atoms with van der Waals surface area (Å²) >= 11 is 5.78. The second kappa shape index (κ2) is 5.13. The molecule has 2 rings (SSSR count). The van der Waals surface area contributed by atoms with E-state index >= 15 is 0 Å². The maximum Gasteiger partial charge on any atom is 0.266 e. The van der Waals surface area contributed by atoms with Crippen molar-refractivity contribution >= 4 is 33.3 Å². The van der Waals surface area contributed by atoms with Crippen LogP contribution in [0.5, 0.6) is 0 Å². The molecule has 1 aromatic carbocycles. The molecule has 0 aromatic heterocycles. The van der Waals surface area contributed by atoms with Gasteiger partial charge in [0.05, 0.1) is 18.8 Å². The Labute approximate surface area is 110 Å². The van der Waals surface area contributed by atoms with Crippen molar-refractivity contribution in [3.05, 3.63) is 23.2 Å². The van der Waals surface area contributed by atoms with Gasteiger partial charge in [0.25, 0.3) is 10.0 Å². The summed E-state index contributed by atoms with van der Waals surface area (Å²) in [6.07, 6.45) is 0. The number of hydrogen-bond acceptors (Lipinski definition) is 4. The molecule has 0 bridgehead atoms. The second-order valence-corrected chi connectivity index (χ2v) is 5.68. The number of aliphatic imine (C=N–C) groups is 1. The molecule has 0 saturated heterocycles. The first-order valence-corrected chi connectivity index (χ1v) is 7.02. The molecule has 0 saturated carbocycles. The van der Waals surface area contributed by atoms with E-state index in [1.54, 1.807) is 19.2 Å². The van der Waals surface area contributed by atoms with E-state index in [9.17, 15) is 8.42 Å². The van der Waals surface area contributed by atoms with Crippen molar-refractivity contribution in [2.75, 3.05) is 25.6 Å². The van der Waals surface area contributed by atoms with Gasteiger partial charge in [-0.3, -0.25) is 0 Å². The summed E-state index contributed by atoms with van der Waals surface area (Å²) in [5.41, 5.74) is 0.453. The van der Waals surface area contributed by atoms with E-state index in [-0.39, 0.29) is 10.9 Å². The first kappa shape index (κ1) is 13.1. The SMILES string of the molecule is COCCN=C1Nc2ccc(Cl)cc2S(=O)(=O)N1. The standard InChI is InChI=1S/C10H12ClN3O3S/c1-17-5-4-12-10-13-8-3-2-7(11)6-9(8)18(15,16)14-10/h2-3,6H,4-5H2,1H3,(H2,12,13,14). The number of anilines is 1. The van der Waals surface area contributed by atoms with Crippen LogP contribution in [0.1, 0.15) is 0 Å². The number of fused-ring (bicyclic) bond motifs is 1. The van der Waals surface area contributed by atoms with Gasteiger partial charge in [-0.25, -0.2) is 18.1 Å². The fourth-order valence-corrected chi connectivity index (χ4v) is 2.89. The first-order chi connectivity index (χ1) is 8.53. The predicted molar refractivity (Wildman–Crippen MR) is 69.6 cm³/mol. The highest BCUT2D eigenvalue weighted by atomic mass is 35.5. The molecule has 1 aromatic rings. The van der Waals surface area contributed by atoms with Gasteiger partial charge in [-0.1, -0.05) is 11.6 Å². The van der Waals surface area contributed by atoms with Gasteiger partial charge in [0.1, 0.15) is 4.90 Å².